The lowest BCUT2D eigenvalue weighted by molar-refractivity contribution is -0.122. The number of anilines is 1. The molecule has 0 radical (unpaired) electrons. The summed E-state index contributed by atoms with van der Waals surface area (Å²) >= 11 is 0. The molecular formula is C23H29FN2O4. The Hall–Kier alpha value is -2.93. The van der Waals surface area contributed by atoms with E-state index in [1.165, 1.54) is 12.1 Å². The Kier molecular flexibility index (Phi) is 7.94. The Morgan fingerprint density at radius 3 is 2.37 bits per heavy atom. The van der Waals surface area contributed by atoms with Crippen LogP contribution in [-0.2, 0) is 20.9 Å². The van der Waals surface area contributed by atoms with Crippen LogP contribution in [0.15, 0.2) is 48.5 Å². The highest BCUT2D eigenvalue weighted by Gasteiger charge is 2.30. The van der Waals surface area contributed by atoms with Gasteiger partial charge >= 0.3 is 6.09 Å². The van der Waals surface area contributed by atoms with Crippen molar-refractivity contribution in [2.45, 2.75) is 59.0 Å². The molecule has 2 aromatic carbocycles. The predicted octanol–water partition coefficient (Wildman–Crippen LogP) is 4.57. The number of ether oxygens (including phenoxy) is 2. The highest BCUT2D eigenvalue weighted by Crippen LogP contribution is 2.18. The van der Waals surface area contributed by atoms with Gasteiger partial charge in [0.1, 0.15) is 17.5 Å². The fourth-order valence-corrected chi connectivity index (χ4v) is 2.68. The molecule has 0 aliphatic carbocycles. The molecule has 0 aromatic heterocycles. The lowest BCUT2D eigenvalue weighted by Gasteiger charge is -2.27. The first-order valence-electron chi connectivity index (χ1n) is 9.78. The van der Waals surface area contributed by atoms with Crippen LogP contribution in [0.25, 0.3) is 0 Å². The fraction of sp³-hybridized carbons (Fsp3) is 0.391. The molecule has 2 aromatic rings. The van der Waals surface area contributed by atoms with Crippen molar-refractivity contribution in [3.63, 3.8) is 0 Å². The molecule has 7 heteroatoms. The number of carbonyl (C=O) groups excluding carboxylic acids is 2. The fourth-order valence-electron chi connectivity index (χ4n) is 2.68. The second-order valence-corrected chi connectivity index (χ2v) is 8.03. The van der Waals surface area contributed by atoms with E-state index in [-0.39, 0.29) is 6.61 Å². The second-order valence-electron chi connectivity index (χ2n) is 8.03. The molecule has 0 fully saturated rings. The molecule has 0 aliphatic heterocycles. The van der Waals surface area contributed by atoms with Crippen molar-refractivity contribution >= 4 is 17.7 Å². The van der Waals surface area contributed by atoms with Crippen molar-refractivity contribution < 1.29 is 23.5 Å². The molecule has 30 heavy (non-hydrogen) atoms. The number of alkyl carbamates (subject to hydrolysis) is 1. The first kappa shape index (κ1) is 23.3. The van der Waals surface area contributed by atoms with Crippen molar-refractivity contribution in [2.24, 2.45) is 0 Å². The molecule has 0 bridgehead atoms. The van der Waals surface area contributed by atoms with E-state index in [4.69, 9.17) is 9.47 Å². The van der Waals surface area contributed by atoms with Crippen molar-refractivity contribution in [3.05, 3.63) is 65.5 Å². The highest BCUT2D eigenvalue weighted by molar-refractivity contribution is 5.97. The van der Waals surface area contributed by atoms with Crippen LogP contribution in [0.4, 0.5) is 14.9 Å². The summed E-state index contributed by atoms with van der Waals surface area (Å²) in [5.41, 5.74) is 0.839. The van der Waals surface area contributed by atoms with Gasteiger partial charge in [-0.25, -0.2) is 9.18 Å². The SMILES string of the molecule is Cc1c(F)cccc1NC(=O)C(NC(=O)OC(C)(C)C)C(C)OCc1ccccc1. The maximum absolute atomic E-state index is 13.8. The zero-order chi connectivity index (χ0) is 22.3. The van der Waals surface area contributed by atoms with Crippen LogP contribution in [0.2, 0.25) is 0 Å². The monoisotopic (exact) mass is 416 g/mol. The van der Waals surface area contributed by atoms with E-state index in [2.05, 4.69) is 10.6 Å². The molecule has 2 rings (SSSR count). The topological polar surface area (TPSA) is 76.7 Å². The number of hydrogen-bond donors (Lipinski definition) is 2. The highest BCUT2D eigenvalue weighted by atomic mass is 19.1. The normalized spacial score (nSPS) is 13.3. The molecular weight excluding hydrogens is 387 g/mol. The molecule has 2 unspecified atom stereocenters. The van der Waals surface area contributed by atoms with E-state index in [1.54, 1.807) is 40.7 Å². The average Bonchev–Trinajstić information content (AvgIpc) is 2.67. The Labute approximate surface area is 176 Å². The summed E-state index contributed by atoms with van der Waals surface area (Å²) in [4.78, 5) is 25.2. The van der Waals surface area contributed by atoms with Crippen LogP contribution >= 0.6 is 0 Å². The zero-order valence-corrected chi connectivity index (χ0v) is 18.0. The minimum Gasteiger partial charge on any atom is -0.444 e. The van der Waals surface area contributed by atoms with E-state index in [0.717, 1.165) is 5.56 Å². The molecule has 0 spiro atoms. The number of hydrogen-bond acceptors (Lipinski definition) is 4. The molecule has 0 saturated carbocycles. The summed E-state index contributed by atoms with van der Waals surface area (Å²) in [6.07, 6.45) is -1.42. The smallest absolute Gasteiger partial charge is 0.408 e. The number of benzene rings is 2. The lowest BCUT2D eigenvalue weighted by atomic mass is 10.1. The van der Waals surface area contributed by atoms with E-state index in [1.807, 2.05) is 30.3 Å². The third-order valence-electron chi connectivity index (χ3n) is 4.31. The first-order valence-corrected chi connectivity index (χ1v) is 9.78. The molecule has 2 atom stereocenters. The van der Waals surface area contributed by atoms with Gasteiger partial charge in [-0.1, -0.05) is 36.4 Å². The minimum absolute atomic E-state index is 0.265. The lowest BCUT2D eigenvalue weighted by Crippen LogP contribution is -2.52. The molecule has 0 saturated heterocycles. The third-order valence-corrected chi connectivity index (χ3v) is 4.31. The summed E-state index contributed by atoms with van der Waals surface area (Å²) in [5.74, 6) is -0.965. The van der Waals surface area contributed by atoms with Crippen molar-refractivity contribution in [2.75, 3.05) is 5.32 Å². The number of amides is 2. The average molecular weight is 416 g/mol. The maximum Gasteiger partial charge on any atom is 0.408 e. The Balaban J connectivity index is 2.15. The van der Waals surface area contributed by atoms with Crippen LogP contribution < -0.4 is 10.6 Å². The number of rotatable bonds is 7. The van der Waals surface area contributed by atoms with Crippen LogP contribution in [0.1, 0.15) is 38.8 Å². The van der Waals surface area contributed by atoms with Gasteiger partial charge in [-0.15, -0.1) is 0 Å². The summed E-state index contributed by atoms with van der Waals surface area (Å²) < 4.78 is 24.9. The summed E-state index contributed by atoms with van der Waals surface area (Å²) in [7, 11) is 0. The predicted molar refractivity (Wildman–Crippen MR) is 114 cm³/mol. The van der Waals surface area contributed by atoms with Gasteiger partial charge in [0.15, 0.2) is 0 Å². The molecule has 2 amide bonds. The summed E-state index contributed by atoms with van der Waals surface area (Å²) in [6, 6.07) is 12.8. The van der Waals surface area contributed by atoms with E-state index < -0.39 is 35.6 Å². The van der Waals surface area contributed by atoms with E-state index in [9.17, 15) is 14.0 Å². The van der Waals surface area contributed by atoms with Crippen LogP contribution in [0.3, 0.4) is 0 Å². The third kappa shape index (κ3) is 7.15. The van der Waals surface area contributed by atoms with Crippen LogP contribution in [0, 0.1) is 12.7 Å². The quantitative estimate of drug-likeness (QED) is 0.693. The summed E-state index contributed by atoms with van der Waals surface area (Å²) in [5, 5.41) is 5.24. The first-order chi connectivity index (χ1) is 14.1. The standard InChI is InChI=1S/C23H29FN2O4/c1-15-18(24)12-9-13-19(15)25-21(27)20(26-22(28)30-23(3,4)5)16(2)29-14-17-10-7-6-8-11-17/h6-13,16,20H,14H2,1-5H3,(H,25,27)(H,26,28). The van der Waals surface area contributed by atoms with Gasteiger partial charge in [0.2, 0.25) is 5.91 Å². The number of nitrogens with one attached hydrogen (secondary N) is 2. The largest absolute Gasteiger partial charge is 0.444 e. The maximum atomic E-state index is 13.8. The van der Waals surface area contributed by atoms with Gasteiger partial charge < -0.3 is 20.1 Å². The Morgan fingerprint density at radius 1 is 1.07 bits per heavy atom. The number of carbonyl (C=O) groups is 2. The van der Waals surface area contributed by atoms with Crippen LogP contribution in [-0.4, -0.2) is 29.7 Å². The van der Waals surface area contributed by atoms with Crippen molar-refractivity contribution in [1.29, 1.82) is 0 Å². The Bertz CT molecular complexity index is 865. The van der Waals surface area contributed by atoms with Crippen molar-refractivity contribution in [3.8, 4) is 0 Å². The molecule has 2 N–H and O–H groups in total. The van der Waals surface area contributed by atoms with Gasteiger partial charge in [0.05, 0.1) is 12.7 Å². The Morgan fingerprint density at radius 2 is 1.73 bits per heavy atom. The van der Waals surface area contributed by atoms with E-state index in [0.29, 0.717) is 11.3 Å². The number of halogens is 1. The zero-order valence-electron chi connectivity index (χ0n) is 18.0. The van der Waals surface area contributed by atoms with E-state index >= 15 is 0 Å². The van der Waals surface area contributed by atoms with Crippen molar-refractivity contribution in [1.82, 2.24) is 5.32 Å². The van der Waals surface area contributed by atoms with Crippen LogP contribution in [0.5, 0.6) is 0 Å². The molecule has 162 valence electrons. The second kappa shape index (κ2) is 10.2. The summed E-state index contributed by atoms with van der Waals surface area (Å²) in [6.45, 7) is 8.70. The van der Waals surface area contributed by atoms with Gasteiger partial charge in [-0.3, -0.25) is 4.79 Å². The van der Waals surface area contributed by atoms with Gasteiger partial charge in [-0.05, 0) is 52.3 Å². The molecule has 6 nitrogen and oxygen atoms in total. The minimum atomic E-state index is -1.05. The molecule has 0 aliphatic rings. The molecule has 0 heterocycles. The van der Waals surface area contributed by atoms with Gasteiger partial charge in [0, 0.05) is 11.3 Å². The van der Waals surface area contributed by atoms with Gasteiger partial charge in [-0.2, -0.15) is 0 Å². The van der Waals surface area contributed by atoms with Gasteiger partial charge in [0.25, 0.3) is 0 Å².